The number of thiocarbonyl (C=S) groups is 2. The van der Waals surface area contributed by atoms with Crippen LogP contribution in [-0.4, -0.2) is 25.5 Å². The van der Waals surface area contributed by atoms with Gasteiger partial charge in [-0.15, -0.1) is 16.3 Å². The standard InChI is InChI=1S/C3H8S2.C3H6S2.C2H4S2.2Pm/c2*1-3(4)5-2;1-2(3)4;;/h3-4H,1-2H3;1-2H3;1H3,(H,3,4);;/p-2. The molecule has 96 valence electrons. The van der Waals surface area contributed by atoms with Crippen LogP contribution in [0.1, 0.15) is 20.8 Å². The van der Waals surface area contributed by atoms with Crippen LogP contribution in [0.3, 0.4) is 0 Å². The first-order valence-electron chi connectivity index (χ1n) is 3.68. The van der Waals surface area contributed by atoms with Crippen molar-refractivity contribution >= 4 is 81.6 Å². The van der Waals surface area contributed by atoms with E-state index in [0.29, 0.717) is 8.78 Å². The topological polar surface area (TPSA) is 0 Å². The minimum atomic E-state index is 0. The zero-order chi connectivity index (χ0) is 12.1. The maximum atomic E-state index is 4.74. The van der Waals surface area contributed by atoms with Gasteiger partial charge in [0.2, 0.25) is 0 Å². The molecule has 0 amide bonds. The van der Waals surface area contributed by atoms with Crippen LogP contribution in [0.5, 0.6) is 0 Å². The summed E-state index contributed by atoms with van der Waals surface area (Å²) in [5.74, 6) is 0. The normalized spacial score (nSPS) is 8.62. The molecule has 1 atom stereocenters. The van der Waals surface area contributed by atoms with Gasteiger partial charge in [0.25, 0.3) is 0 Å². The maximum Gasteiger partial charge on any atom is 0.0444 e. The largest absolute Gasteiger partial charge is 0.779 e. The smallest absolute Gasteiger partial charge is 0.0444 e. The molecule has 0 saturated carbocycles. The average molecular weight is 595 g/mol. The molecule has 0 nitrogen and oxygen atoms in total. The third-order valence-corrected chi connectivity index (χ3v) is 2.94. The van der Waals surface area contributed by atoms with Gasteiger partial charge in [0, 0.05) is 85.0 Å². The summed E-state index contributed by atoms with van der Waals surface area (Å²) >= 11 is 21.4. The molecule has 0 spiro atoms. The maximum absolute atomic E-state index is 4.74. The molecule has 0 bridgehead atoms. The quantitative estimate of drug-likeness (QED) is 0.332. The predicted octanol–water partition coefficient (Wildman–Crippen LogP) is 3.82. The zero-order valence-corrected chi connectivity index (χ0v) is 20.6. The first-order chi connectivity index (χ1) is 6.27. The van der Waals surface area contributed by atoms with Crippen molar-refractivity contribution in [2.24, 2.45) is 0 Å². The van der Waals surface area contributed by atoms with E-state index >= 15 is 0 Å². The summed E-state index contributed by atoms with van der Waals surface area (Å²) in [6.45, 7) is 5.63. The van der Waals surface area contributed by atoms with Gasteiger partial charge in [-0.2, -0.15) is 16.0 Å². The van der Waals surface area contributed by atoms with Gasteiger partial charge in [0.15, 0.2) is 0 Å². The Morgan fingerprint density at radius 2 is 1.25 bits per heavy atom. The van der Waals surface area contributed by atoms with Crippen molar-refractivity contribution in [1.82, 2.24) is 0 Å². The second-order valence-corrected chi connectivity index (χ2v) is 7.55. The summed E-state index contributed by atoms with van der Waals surface area (Å²) in [5, 5.41) is 0. The molecular weight excluding hydrogens is 578 g/mol. The summed E-state index contributed by atoms with van der Waals surface area (Å²) < 4.78 is 1.97. The third-order valence-electron chi connectivity index (χ3n) is 0.619. The van der Waals surface area contributed by atoms with E-state index < -0.39 is 0 Å². The molecule has 16 heavy (non-hydrogen) atoms. The molecule has 0 aromatic carbocycles. The molecule has 8 heteroatoms. The van der Waals surface area contributed by atoms with Gasteiger partial charge in [0.1, 0.15) is 0 Å². The van der Waals surface area contributed by atoms with Crippen molar-refractivity contribution in [3.63, 3.8) is 0 Å². The van der Waals surface area contributed by atoms with Crippen molar-refractivity contribution in [2.45, 2.75) is 25.4 Å². The predicted molar refractivity (Wildman–Crippen MR) is 87.8 cm³/mol. The Morgan fingerprint density at radius 1 is 1.12 bits per heavy atom. The molecule has 0 fully saturated rings. The number of hydrogen-bond acceptors (Lipinski definition) is 6. The van der Waals surface area contributed by atoms with E-state index in [-0.39, 0.29) is 80.8 Å². The van der Waals surface area contributed by atoms with Gasteiger partial charge >= 0.3 is 0 Å². The molecule has 0 rings (SSSR count). The molecule has 0 N–H and O–H groups in total. The van der Waals surface area contributed by atoms with Crippen LogP contribution in [-0.2, 0) is 25.3 Å². The minimum Gasteiger partial charge on any atom is -0.779 e. The van der Waals surface area contributed by atoms with Gasteiger partial charge in [-0.05, 0) is 19.4 Å². The van der Waals surface area contributed by atoms with Crippen molar-refractivity contribution in [1.29, 1.82) is 0 Å². The van der Waals surface area contributed by atoms with Crippen LogP contribution in [0, 0.1) is 80.8 Å². The molecule has 0 heterocycles. The Morgan fingerprint density at radius 3 is 1.25 bits per heavy atom. The summed E-state index contributed by atoms with van der Waals surface area (Å²) in [7, 11) is 0. The summed E-state index contributed by atoms with van der Waals surface area (Å²) in [5.41, 5.74) is 0. The van der Waals surface area contributed by atoms with Gasteiger partial charge in [-0.3, -0.25) is 0 Å². The van der Waals surface area contributed by atoms with E-state index in [1.165, 1.54) is 0 Å². The minimum absolute atomic E-state index is 0. The van der Waals surface area contributed by atoms with E-state index in [2.05, 4.69) is 37.1 Å². The second-order valence-electron chi connectivity index (χ2n) is 1.99. The van der Waals surface area contributed by atoms with Crippen LogP contribution >= 0.6 is 48.0 Å². The fourth-order valence-corrected chi connectivity index (χ4v) is 0. The Bertz CT molecular complexity index is 147. The van der Waals surface area contributed by atoms with Crippen molar-refractivity contribution < 1.29 is 80.8 Å². The first kappa shape index (κ1) is 32.2. The fourth-order valence-electron chi connectivity index (χ4n) is 0. The molecule has 0 aromatic rings. The second kappa shape index (κ2) is 27.5. The van der Waals surface area contributed by atoms with E-state index in [4.69, 9.17) is 12.6 Å². The Hall–Kier alpha value is 4.13. The Balaban J connectivity index is -0.0000000358. The zero-order valence-electron chi connectivity index (χ0n) is 9.92. The van der Waals surface area contributed by atoms with Crippen LogP contribution in [0.15, 0.2) is 0 Å². The summed E-state index contributed by atoms with van der Waals surface area (Å²) in [6.07, 6.45) is 3.99. The molecule has 0 saturated heterocycles. The molecule has 2 radical (unpaired) electrons. The van der Waals surface area contributed by atoms with Gasteiger partial charge < -0.3 is 37.5 Å². The van der Waals surface area contributed by atoms with E-state index in [1.54, 1.807) is 30.4 Å². The molecule has 1 unspecified atom stereocenters. The SMILES string of the molecule is CC(=S)[S-].CSC(C)=S.CSC(C)[S-].[Pm].[Pm]. The first-order valence-corrected chi connectivity index (χ1v) is 7.89. The number of hydrogen-bond donors (Lipinski definition) is 0. The fraction of sp³-hybridized carbons (Fsp3) is 0.750. The molecular formula is C8H16Pm2S6-2. The Labute approximate surface area is 196 Å². The van der Waals surface area contributed by atoms with Gasteiger partial charge in [-0.1, -0.05) is 26.1 Å². The van der Waals surface area contributed by atoms with Crippen molar-refractivity contribution in [3.05, 3.63) is 0 Å². The average Bonchev–Trinajstić information content (AvgIpc) is 2.04. The van der Waals surface area contributed by atoms with Crippen molar-refractivity contribution in [2.75, 3.05) is 12.5 Å². The third kappa shape index (κ3) is 80.5. The van der Waals surface area contributed by atoms with Gasteiger partial charge in [-0.25, -0.2) is 0 Å². The molecule has 0 aliphatic carbocycles. The Kier molecular flexibility index (Phi) is 55.2. The van der Waals surface area contributed by atoms with E-state index in [0.717, 1.165) is 4.20 Å². The van der Waals surface area contributed by atoms with Crippen LogP contribution in [0.25, 0.3) is 0 Å². The molecule has 0 aliphatic heterocycles. The molecule has 0 aliphatic rings. The number of rotatable bonds is 1. The number of thioether (sulfide) groups is 2. The van der Waals surface area contributed by atoms with E-state index in [9.17, 15) is 0 Å². The van der Waals surface area contributed by atoms with E-state index in [1.807, 2.05) is 26.4 Å². The van der Waals surface area contributed by atoms with Crippen LogP contribution in [0.2, 0.25) is 0 Å². The molecule has 0 aromatic heterocycles. The summed E-state index contributed by atoms with van der Waals surface area (Å²) in [4.78, 5) is 0. The van der Waals surface area contributed by atoms with Crippen molar-refractivity contribution in [3.8, 4) is 0 Å². The summed E-state index contributed by atoms with van der Waals surface area (Å²) in [6, 6.07) is 0. The monoisotopic (exact) mass is 594 g/mol. The van der Waals surface area contributed by atoms with Gasteiger partial charge in [0.05, 0.1) is 0 Å². The van der Waals surface area contributed by atoms with Crippen LogP contribution in [0.4, 0.5) is 0 Å². The van der Waals surface area contributed by atoms with Crippen LogP contribution < -0.4 is 0 Å².